The minimum atomic E-state index is -4.71. The van der Waals surface area contributed by atoms with Gasteiger partial charge in [0.25, 0.3) is 10.4 Å². The van der Waals surface area contributed by atoms with Gasteiger partial charge < -0.3 is 8.74 Å². The van der Waals surface area contributed by atoms with Crippen molar-refractivity contribution in [1.82, 2.24) is 0 Å². The van der Waals surface area contributed by atoms with Gasteiger partial charge in [0.15, 0.2) is 5.75 Å². The van der Waals surface area contributed by atoms with E-state index in [0.717, 1.165) is 4.47 Å². The van der Waals surface area contributed by atoms with Crippen LogP contribution >= 0.6 is 31.9 Å². The smallest absolute Gasteiger partial charge is 0.716 e. The Morgan fingerprint density at radius 2 is 1.86 bits per heavy atom. The van der Waals surface area contributed by atoms with E-state index >= 15 is 0 Å². The molecule has 72 valence electrons. The third kappa shape index (κ3) is 5.57. The minimum Gasteiger partial charge on any atom is -0.716 e. The summed E-state index contributed by atoms with van der Waals surface area (Å²) in [6.07, 6.45) is 0. The van der Waals surface area contributed by atoms with E-state index in [-0.39, 0.29) is 57.1 Å². The Hall–Kier alpha value is 1.53. The second kappa shape index (κ2) is 6.31. The fourth-order valence-corrected chi connectivity index (χ4v) is 2.25. The summed E-state index contributed by atoms with van der Waals surface area (Å²) in [7, 11) is -4.71. The summed E-state index contributed by atoms with van der Waals surface area (Å²) in [6.45, 7) is 0. The third-order valence-electron chi connectivity index (χ3n) is 1.09. The molecule has 1 aromatic rings. The first-order valence-electron chi connectivity index (χ1n) is 2.99. The molecule has 0 aliphatic heterocycles. The minimum absolute atomic E-state index is 0. The van der Waals surface area contributed by atoms with Crippen LogP contribution in [-0.2, 0) is 10.4 Å². The molecule has 0 saturated heterocycles. The molecule has 0 aromatic heterocycles. The third-order valence-corrected chi connectivity index (χ3v) is 2.58. The molecule has 0 unspecified atom stereocenters. The summed E-state index contributed by atoms with van der Waals surface area (Å²) < 4.78 is 36.0. The maximum Gasteiger partial charge on any atom is 1.00 e. The van der Waals surface area contributed by atoms with Gasteiger partial charge in [0, 0.05) is 4.47 Å². The molecule has 0 aliphatic carbocycles. The fourth-order valence-electron chi connectivity index (χ4n) is 0.653. The van der Waals surface area contributed by atoms with E-state index in [2.05, 4.69) is 36.0 Å². The van der Waals surface area contributed by atoms with Crippen LogP contribution < -0.4 is 55.6 Å². The Kier molecular flexibility index (Phi) is 7.00. The van der Waals surface area contributed by atoms with Crippen molar-refractivity contribution in [2.75, 3.05) is 0 Å². The van der Waals surface area contributed by atoms with E-state index in [1.165, 1.54) is 6.07 Å². The molecule has 0 spiro atoms. The summed E-state index contributed by atoms with van der Waals surface area (Å²) in [5, 5.41) is 0. The summed E-state index contributed by atoms with van der Waals surface area (Å²) in [4.78, 5) is 0. The van der Waals surface area contributed by atoms with E-state index in [4.69, 9.17) is 0 Å². The molecule has 1 rings (SSSR count). The fraction of sp³-hybridized carbons (Fsp3) is 0. The number of halogens is 2. The van der Waals surface area contributed by atoms with E-state index in [1.54, 1.807) is 12.1 Å². The first-order valence-corrected chi connectivity index (χ1v) is 5.91. The second-order valence-electron chi connectivity index (χ2n) is 2.07. The Balaban J connectivity index is 0.00000169. The van der Waals surface area contributed by atoms with Gasteiger partial charge in [-0.3, -0.25) is 0 Å². The molecule has 0 amide bonds. The van der Waals surface area contributed by atoms with Crippen molar-refractivity contribution in [3.8, 4) is 5.75 Å². The molecule has 0 heterocycles. The van der Waals surface area contributed by atoms with Gasteiger partial charge in [-0.2, -0.15) is 0 Å². The zero-order chi connectivity index (χ0) is 10.1. The normalized spacial score (nSPS) is 10.5. The predicted molar refractivity (Wildman–Crippen MR) is 52.2 cm³/mol. The standard InChI is InChI=1S/C6H4Br2O4S.K/c7-4-1-2-6(5(8)3-4)12-13(9,10)11;/h1-3H,(H,9,10,11);/q;+1/p-1. The molecule has 0 fully saturated rings. The van der Waals surface area contributed by atoms with Gasteiger partial charge in [-0.25, -0.2) is 8.42 Å². The quantitative estimate of drug-likeness (QED) is 0.383. The van der Waals surface area contributed by atoms with Crippen LogP contribution in [0, 0.1) is 0 Å². The van der Waals surface area contributed by atoms with E-state index < -0.39 is 10.4 Å². The Labute approximate surface area is 141 Å². The maximum atomic E-state index is 10.2. The van der Waals surface area contributed by atoms with E-state index in [1.807, 2.05) is 0 Å². The van der Waals surface area contributed by atoms with Crippen molar-refractivity contribution < 1.29 is 68.5 Å². The Bertz CT molecular complexity index is 420. The van der Waals surface area contributed by atoms with E-state index in [9.17, 15) is 13.0 Å². The largest absolute Gasteiger partial charge is 1.00 e. The molecule has 0 atom stereocenters. The number of hydrogen-bond acceptors (Lipinski definition) is 4. The molecular formula is C6H3Br2KO4S. The van der Waals surface area contributed by atoms with Crippen molar-refractivity contribution >= 4 is 42.3 Å². The van der Waals surface area contributed by atoms with Crippen LogP contribution in [0.5, 0.6) is 5.75 Å². The van der Waals surface area contributed by atoms with Crippen molar-refractivity contribution in [3.63, 3.8) is 0 Å². The van der Waals surface area contributed by atoms with Gasteiger partial charge in [0.2, 0.25) is 0 Å². The van der Waals surface area contributed by atoms with Gasteiger partial charge in [0.05, 0.1) is 4.47 Å². The summed E-state index contributed by atoms with van der Waals surface area (Å²) >= 11 is 6.20. The van der Waals surface area contributed by atoms with Crippen LogP contribution in [0.2, 0.25) is 0 Å². The average Bonchev–Trinajstić information content (AvgIpc) is 1.93. The molecule has 0 saturated carbocycles. The SMILES string of the molecule is O=S(=O)([O-])Oc1ccc(Br)cc1Br.[K+]. The van der Waals surface area contributed by atoms with E-state index in [0.29, 0.717) is 4.47 Å². The van der Waals surface area contributed by atoms with Gasteiger partial charge >= 0.3 is 51.4 Å². The predicted octanol–water partition coefficient (Wildman–Crippen LogP) is -0.945. The average molecular weight is 370 g/mol. The molecule has 8 heteroatoms. The molecule has 0 N–H and O–H groups in total. The first kappa shape index (κ1) is 15.5. The van der Waals surface area contributed by atoms with Crippen LogP contribution in [0.25, 0.3) is 0 Å². The van der Waals surface area contributed by atoms with Crippen LogP contribution in [0.1, 0.15) is 0 Å². The van der Waals surface area contributed by atoms with Crippen molar-refractivity contribution in [3.05, 3.63) is 27.1 Å². The van der Waals surface area contributed by atoms with Crippen LogP contribution in [0.4, 0.5) is 0 Å². The maximum absolute atomic E-state index is 10.2. The van der Waals surface area contributed by atoms with Crippen molar-refractivity contribution in [1.29, 1.82) is 0 Å². The molecule has 1 aromatic carbocycles. The zero-order valence-electron chi connectivity index (χ0n) is 7.03. The summed E-state index contributed by atoms with van der Waals surface area (Å²) in [5.74, 6) is -0.0294. The molecular weight excluding hydrogens is 367 g/mol. The first-order chi connectivity index (χ1) is 5.88. The molecule has 0 radical (unpaired) electrons. The topological polar surface area (TPSA) is 66.4 Å². The van der Waals surface area contributed by atoms with Gasteiger partial charge in [-0.1, -0.05) is 15.9 Å². The van der Waals surface area contributed by atoms with Crippen molar-refractivity contribution in [2.24, 2.45) is 0 Å². The van der Waals surface area contributed by atoms with Gasteiger partial charge in [0.1, 0.15) is 0 Å². The van der Waals surface area contributed by atoms with Crippen molar-refractivity contribution in [2.45, 2.75) is 0 Å². The number of rotatable bonds is 2. The van der Waals surface area contributed by atoms with Gasteiger partial charge in [-0.15, -0.1) is 0 Å². The van der Waals surface area contributed by atoms with Crippen LogP contribution in [-0.4, -0.2) is 13.0 Å². The Morgan fingerprint density at radius 1 is 1.29 bits per heavy atom. The molecule has 0 bridgehead atoms. The zero-order valence-corrected chi connectivity index (χ0v) is 14.1. The summed E-state index contributed by atoms with van der Waals surface area (Å²) in [5.41, 5.74) is 0. The number of benzene rings is 1. The summed E-state index contributed by atoms with van der Waals surface area (Å²) in [6, 6.07) is 4.50. The molecule has 14 heavy (non-hydrogen) atoms. The monoisotopic (exact) mass is 368 g/mol. The second-order valence-corrected chi connectivity index (χ2v) is 4.82. The van der Waals surface area contributed by atoms with Gasteiger partial charge in [-0.05, 0) is 34.1 Å². The Morgan fingerprint density at radius 3 is 2.29 bits per heavy atom. The number of hydrogen-bond donors (Lipinski definition) is 0. The van der Waals surface area contributed by atoms with Crippen LogP contribution in [0.3, 0.4) is 0 Å². The molecule has 0 aliphatic rings. The van der Waals surface area contributed by atoms with Crippen LogP contribution in [0.15, 0.2) is 27.1 Å². The molecule has 4 nitrogen and oxygen atoms in total.